The number of hydrogen-bond acceptors (Lipinski definition) is 3. The van der Waals surface area contributed by atoms with E-state index in [1.165, 1.54) is 21.0 Å². The van der Waals surface area contributed by atoms with Crippen LogP contribution >= 0.6 is 11.3 Å². The van der Waals surface area contributed by atoms with Crippen molar-refractivity contribution in [1.29, 1.82) is 0 Å². The van der Waals surface area contributed by atoms with E-state index in [1.54, 1.807) is 17.4 Å². The van der Waals surface area contributed by atoms with E-state index < -0.39 is 0 Å². The Morgan fingerprint density at radius 1 is 1.19 bits per heavy atom. The first-order valence-electron chi connectivity index (χ1n) is 6.87. The van der Waals surface area contributed by atoms with Crippen molar-refractivity contribution in [3.05, 3.63) is 70.4 Å². The normalized spacial score (nSPS) is 12.7. The number of aryl methyl sites for hydroxylation is 1. The molecule has 0 bridgehead atoms. The molecule has 108 valence electrons. The maximum Gasteiger partial charge on any atom is 0.123 e. The summed E-state index contributed by atoms with van der Waals surface area (Å²) >= 11 is 1.72. The molecule has 0 amide bonds. The Hall–Kier alpha value is -1.75. The third-order valence-corrected chi connectivity index (χ3v) is 4.95. The summed E-state index contributed by atoms with van der Waals surface area (Å²) in [4.78, 5) is 1.17. The smallest absolute Gasteiger partial charge is 0.123 e. The average Bonchev–Trinajstić information content (AvgIpc) is 2.91. The SMILES string of the molecule is Cc1ccc(F)cc1CC(NN)c1cc2ccccc2s1. The Bertz CT molecular complexity index is 733. The lowest BCUT2D eigenvalue weighted by Gasteiger charge is -2.15. The van der Waals surface area contributed by atoms with E-state index in [1.807, 2.05) is 25.1 Å². The average molecular weight is 300 g/mol. The van der Waals surface area contributed by atoms with Crippen molar-refractivity contribution >= 4 is 21.4 Å². The van der Waals surface area contributed by atoms with Crippen LogP contribution in [0.1, 0.15) is 22.0 Å². The molecule has 0 saturated carbocycles. The van der Waals surface area contributed by atoms with Crippen LogP contribution in [0.3, 0.4) is 0 Å². The van der Waals surface area contributed by atoms with Crippen molar-refractivity contribution in [1.82, 2.24) is 5.43 Å². The summed E-state index contributed by atoms with van der Waals surface area (Å²) < 4.78 is 14.7. The molecule has 1 heterocycles. The highest BCUT2D eigenvalue weighted by Gasteiger charge is 2.15. The Balaban J connectivity index is 1.92. The molecule has 4 heteroatoms. The molecule has 0 radical (unpaired) electrons. The number of rotatable bonds is 4. The number of thiophene rings is 1. The highest BCUT2D eigenvalue weighted by Crippen LogP contribution is 2.31. The molecule has 0 aliphatic carbocycles. The number of nitrogens with two attached hydrogens (primary N) is 1. The van der Waals surface area contributed by atoms with Gasteiger partial charge in [0.25, 0.3) is 0 Å². The van der Waals surface area contributed by atoms with Gasteiger partial charge in [-0.05, 0) is 54.1 Å². The maximum absolute atomic E-state index is 13.4. The Kier molecular flexibility index (Phi) is 4.01. The van der Waals surface area contributed by atoms with Crippen molar-refractivity contribution in [2.45, 2.75) is 19.4 Å². The van der Waals surface area contributed by atoms with Gasteiger partial charge >= 0.3 is 0 Å². The first-order valence-corrected chi connectivity index (χ1v) is 7.68. The van der Waals surface area contributed by atoms with Gasteiger partial charge in [-0.1, -0.05) is 24.3 Å². The molecule has 3 N–H and O–H groups in total. The summed E-state index contributed by atoms with van der Waals surface area (Å²) in [7, 11) is 0. The summed E-state index contributed by atoms with van der Waals surface area (Å²) in [6, 6.07) is 15.3. The molecule has 1 aromatic heterocycles. The van der Waals surface area contributed by atoms with Gasteiger partial charge in [0.1, 0.15) is 5.82 Å². The molecular weight excluding hydrogens is 283 g/mol. The number of fused-ring (bicyclic) bond motifs is 1. The van der Waals surface area contributed by atoms with Crippen LogP contribution in [0.15, 0.2) is 48.5 Å². The van der Waals surface area contributed by atoms with Crippen molar-refractivity contribution in [2.75, 3.05) is 0 Å². The van der Waals surface area contributed by atoms with Crippen LogP contribution in [0.5, 0.6) is 0 Å². The number of hydrogen-bond donors (Lipinski definition) is 2. The maximum atomic E-state index is 13.4. The zero-order chi connectivity index (χ0) is 14.8. The quantitative estimate of drug-likeness (QED) is 0.562. The standard InChI is InChI=1S/C17H17FN2S/c1-11-6-7-14(18)8-13(11)9-15(20-19)17-10-12-4-2-3-5-16(12)21-17/h2-8,10,15,20H,9,19H2,1H3. The number of halogens is 1. The number of nitrogens with one attached hydrogen (secondary N) is 1. The topological polar surface area (TPSA) is 38.0 Å². The van der Waals surface area contributed by atoms with E-state index >= 15 is 0 Å². The van der Waals surface area contributed by atoms with E-state index in [-0.39, 0.29) is 11.9 Å². The summed E-state index contributed by atoms with van der Waals surface area (Å²) in [5.41, 5.74) is 4.93. The van der Waals surface area contributed by atoms with Crippen LogP contribution in [0.2, 0.25) is 0 Å². The predicted molar refractivity (Wildman–Crippen MR) is 86.7 cm³/mol. The molecule has 0 saturated heterocycles. The highest BCUT2D eigenvalue weighted by molar-refractivity contribution is 7.19. The van der Waals surface area contributed by atoms with Crippen molar-refractivity contribution in [3.8, 4) is 0 Å². The summed E-state index contributed by atoms with van der Waals surface area (Å²) in [6.45, 7) is 1.99. The molecule has 2 aromatic carbocycles. The fraction of sp³-hybridized carbons (Fsp3) is 0.176. The van der Waals surface area contributed by atoms with Gasteiger partial charge in [-0.25, -0.2) is 4.39 Å². The second kappa shape index (κ2) is 5.93. The van der Waals surface area contributed by atoms with Crippen molar-refractivity contribution < 1.29 is 4.39 Å². The zero-order valence-electron chi connectivity index (χ0n) is 11.8. The van der Waals surface area contributed by atoms with Crippen molar-refractivity contribution in [3.63, 3.8) is 0 Å². The van der Waals surface area contributed by atoms with E-state index in [2.05, 4.69) is 23.6 Å². The summed E-state index contributed by atoms with van der Waals surface area (Å²) in [5, 5.41) is 1.22. The second-order valence-electron chi connectivity index (χ2n) is 5.18. The molecule has 2 nitrogen and oxygen atoms in total. The molecule has 0 fully saturated rings. The van der Waals surface area contributed by atoms with Gasteiger partial charge in [0.15, 0.2) is 0 Å². The van der Waals surface area contributed by atoms with Gasteiger partial charge in [0.2, 0.25) is 0 Å². The minimum absolute atomic E-state index is 0.0112. The van der Waals surface area contributed by atoms with Gasteiger partial charge in [-0.15, -0.1) is 11.3 Å². The highest BCUT2D eigenvalue weighted by atomic mass is 32.1. The van der Waals surface area contributed by atoms with Gasteiger partial charge in [0.05, 0.1) is 6.04 Å². The third-order valence-electron chi connectivity index (χ3n) is 3.72. The molecule has 0 aliphatic heterocycles. The van der Waals surface area contributed by atoms with Crippen LogP contribution < -0.4 is 11.3 Å². The van der Waals surface area contributed by atoms with Crippen LogP contribution in [0.4, 0.5) is 4.39 Å². The summed E-state index contributed by atoms with van der Waals surface area (Å²) in [5.74, 6) is 5.52. The molecule has 0 aliphatic rings. The first kappa shape index (κ1) is 14.2. The molecule has 3 aromatic rings. The Labute approximate surface area is 127 Å². The largest absolute Gasteiger partial charge is 0.271 e. The number of hydrazine groups is 1. The van der Waals surface area contributed by atoms with Crippen LogP contribution in [0.25, 0.3) is 10.1 Å². The van der Waals surface area contributed by atoms with E-state index in [4.69, 9.17) is 5.84 Å². The zero-order valence-corrected chi connectivity index (χ0v) is 12.6. The Morgan fingerprint density at radius 3 is 2.76 bits per heavy atom. The molecule has 3 rings (SSSR count). The van der Waals surface area contributed by atoms with Gasteiger partial charge in [-0.3, -0.25) is 11.3 Å². The first-order chi connectivity index (χ1) is 10.2. The molecule has 1 unspecified atom stereocenters. The minimum Gasteiger partial charge on any atom is -0.271 e. The third kappa shape index (κ3) is 2.97. The van der Waals surface area contributed by atoms with Crippen LogP contribution in [-0.2, 0) is 6.42 Å². The lowest BCUT2D eigenvalue weighted by molar-refractivity contribution is 0.555. The van der Waals surface area contributed by atoms with Gasteiger partial charge in [0, 0.05) is 9.58 Å². The molecule has 21 heavy (non-hydrogen) atoms. The van der Waals surface area contributed by atoms with Gasteiger partial charge in [-0.2, -0.15) is 0 Å². The predicted octanol–water partition coefficient (Wildman–Crippen LogP) is 4.10. The molecule has 0 spiro atoms. The monoisotopic (exact) mass is 300 g/mol. The van der Waals surface area contributed by atoms with Crippen molar-refractivity contribution in [2.24, 2.45) is 5.84 Å². The van der Waals surface area contributed by atoms with E-state index in [0.29, 0.717) is 6.42 Å². The molecule has 1 atom stereocenters. The van der Waals surface area contributed by atoms with Crippen LogP contribution in [0, 0.1) is 12.7 Å². The fourth-order valence-electron chi connectivity index (χ4n) is 2.50. The lowest BCUT2D eigenvalue weighted by Crippen LogP contribution is -2.29. The summed E-state index contributed by atoms with van der Waals surface area (Å²) in [6.07, 6.45) is 0.674. The fourth-order valence-corrected chi connectivity index (χ4v) is 3.62. The Morgan fingerprint density at radius 2 is 2.00 bits per heavy atom. The second-order valence-corrected chi connectivity index (χ2v) is 6.30. The van der Waals surface area contributed by atoms with E-state index in [9.17, 15) is 4.39 Å². The molecular formula is C17H17FN2S. The van der Waals surface area contributed by atoms with E-state index in [0.717, 1.165) is 11.1 Å². The number of benzene rings is 2. The van der Waals surface area contributed by atoms with Crippen LogP contribution in [-0.4, -0.2) is 0 Å². The van der Waals surface area contributed by atoms with Gasteiger partial charge < -0.3 is 0 Å². The minimum atomic E-state index is -0.206. The lowest BCUT2D eigenvalue weighted by atomic mass is 10.00.